The van der Waals surface area contributed by atoms with Crippen molar-refractivity contribution < 1.29 is 18.3 Å². The molecule has 0 saturated heterocycles. The van der Waals surface area contributed by atoms with Gasteiger partial charge in [-0.05, 0) is 42.0 Å². The Kier molecular flexibility index (Phi) is 4.98. The average Bonchev–Trinajstić information content (AvgIpc) is 2.48. The molecule has 0 fully saturated rings. The average molecular weight is 290 g/mol. The van der Waals surface area contributed by atoms with Gasteiger partial charge in [0.25, 0.3) is 0 Å². The number of hydrogen-bond acceptors (Lipinski definition) is 3. The molecule has 1 aromatic carbocycles. The summed E-state index contributed by atoms with van der Waals surface area (Å²) in [4.78, 5) is 15.6. The van der Waals surface area contributed by atoms with Crippen molar-refractivity contribution in [1.29, 1.82) is 0 Å². The van der Waals surface area contributed by atoms with Crippen LogP contribution < -0.4 is 10.1 Å². The van der Waals surface area contributed by atoms with E-state index in [0.717, 1.165) is 5.56 Å². The Morgan fingerprint density at radius 3 is 2.62 bits per heavy atom. The second-order valence-corrected chi connectivity index (χ2v) is 4.01. The molecule has 1 heterocycles. The minimum Gasteiger partial charge on any atom is -0.435 e. The number of ether oxygens (including phenoxy) is 1. The minimum absolute atomic E-state index is 0.0360. The van der Waals surface area contributed by atoms with Crippen molar-refractivity contribution in [3.63, 3.8) is 0 Å². The van der Waals surface area contributed by atoms with Gasteiger partial charge in [-0.2, -0.15) is 8.78 Å². The molecule has 0 atom stereocenters. The maximum atomic E-state index is 12.0. The molecule has 0 aliphatic carbocycles. The van der Waals surface area contributed by atoms with Crippen LogP contribution in [0.1, 0.15) is 5.56 Å². The highest BCUT2D eigenvalue weighted by Gasteiger charge is 2.04. The van der Waals surface area contributed by atoms with Gasteiger partial charge in [0.15, 0.2) is 0 Å². The fraction of sp³-hybridized carbons (Fsp3) is 0.0667. The number of nitrogens with zero attached hydrogens (tertiary/aromatic N) is 1. The third-order valence-corrected chi connectivity index (χ3v) is 2.46. The number of hydrogen-bond donors (Lipinski definition) is 1. The molecule has 0 bridgehead atoms. The lowest BCUT2D eigenvalue weighted by atomic mass is 10.2. The molecule has 4 nitrogen and oxygen atoms in total. The molecule has 2 aromatic rings. The van der Waals surface area contributed by atoms with E-state index in [0.29, 0.717) is 5.69 Å². The van der Waals surface area contributed by atoms with Gasteiger partial charge < -0.3 is 10.1 Å². The highest BCUT2D eigenvalue weighted by molar-refractivity contribution is 6.01. The molecule has 1 aromatic heterocycles. The lowest BCUT2D eigenvalue weighted by Crippen LogP contribution is -2.08. The quantitative estimate of drug-likeness (QED) is 0.859. The van der Waals surface area contributed by atoms with Crippen LogP contribution in [-0.2, 0) is 4.79 Å². The Labute approximate surface area is 120 Å². The highest BCUT2D eigenvalue weighted by atomic mass is 19.3. The van der Waals surface area contributed by atoms with E-state index in [2.05, 4.69) is 15.0 Å². The molecular formula is C15H12F2N2O2. The Bertz CT molecular complexity index is 613. The Morgan fingerprint density at radius 1 is 1.24 bits per heavy atom. The van der Waals surface area contributed by atoms with Gasteiger partial charge in [-0.25, -0.2) is 0 Å². The number of carbonyl (C=O) groups is 1. The number of anilines is 1. The third kappa shape index (κ3) is 5.02. The molecule has 108 valence electrons. The number of aromatic nitrogens is 1. The Hall–Kier alpha value is -2.76. The van der Waals surface area contributed by atoms with E-state index in [1.807, 2.05) is 6.07 Å². The van der Waals surface area contributed by atoms with Crippen LogP contribution in [0.15, 0.2) is 54.9 Å². The molecule has 1 N–H and O–H groups in total. The Morgan fingerprint density at radius 2 is 2.00 bits per heavy atom. The molecule has 0 radical (unpaired) electrons. The van der Waals surface area contributed by atoms with Crippen LogP contribution in [-0.4, -0.2) is 17.5 Å². The largest absolute Gasteiger partial charge is 0.435 e. The third-order valence-electron chi connectivity index (χ3n) is 2.46. The molecular weight excluding hydrogens is 278 g/mol. The maximum absolute atomic E-state index is 12.0. The summed E-state index contributed by atoms with van der Waals surface area (Å²) >= 11 is 0. The first-order valence-electron chi connectivity index (χ1n) is 6.07. The van der Waals surface area contributed by atoms with Crippen molar-refractivity contribution in [2.45, 2.75) is 6.61 Å². The van der Waals surface area contributed by atoms with Gasteiger partial charge in [0, 0.05) is 24.2 Å². The molecule has 0 unspecified atom stereocenters. The standard InChI is InChI=1S/C15H12F2N2O2/c16-15(17)21-13-6-4-12(5-7-13)19-14(20)8-3-11-2-1-9-18-10-11/h1-10,15H,(H,19,20). The Balaban J connectivity index is 1.92. The summed E-state index contributed by atoms with van der Waals surface area (Å²) in [6.45, 7) is -2.87. The summed E-state index contributed by atoms with van der Waals surface area (Å²) < 4.78 is 28.2. The van der Waals surface area contributed by atoms with Crippen molar-refractivity contribution in [3.05, 3.63) is 60.4 Å². The first-order chi connectivity index (χ1) is 10.1. The molecule has 0 spiro atoms. The highest BCUT2D eigenvalue weighted by Crippen LogP contribution is 2.17. The summed E-state index contributed by atoms with van der Waals surface area (Å²) in [6.07, 6.45) is 6.25. The van der Waals surface area contributed by atoms with Crippen LogP contribution in [0.5, 0.6) is 5.75 Å². The van der Waals surface area contributed by atoms with Crippen molar-refractivity contribution in [1.82, 2.24) is 4.98 Å². The van der Waals surface area contributed by atoms with Crippen LogP contribution in [0.2, 0.25) is 0 Å². The lowest BCUT2D eigenvalue weighted by Gasteiger charge is -2.06. The minimum atomic E-state index is -2.87. The zero-order chi connectivity index (χ0) is 15.1. The fourth-order valence-corrected chi connectivity index (χ4v) is 1.55. The number of pyridine rings is 1. The van der Waals surface area contributed by atoms with Crippen molar-refractivity contribution in [3.8, 4) is 5.75 Å². The summed E-state index contributed by atoms with van der Waals surface area (Å²) in [6, 6.07) is 9.24. The zero-order valence-corrected chi connectivity index (χ0v) is 10.9. The number of benzene rings is 1. The number of halogens is 2. The number of amides is 1. The molecule has 0 aliphatic heterocycles. The fourth-order valence-electron chi connectivity index (χ4n) is 1.55. The van der Waals surface area contributed by atoms with Crippen LogP contribution in [0.4, 0.5) is 14.5 Å². The predicted octanol–water partition coefficient (Wildman–Crippen LogP) is 3.33. The number of carbonyl (C=O) groups excluding carboxylic acids is 1. The molecule has 6 heteroatoms. The molecule has 21 heavy (non-hydrogen) atoms. The number of rotatable bonds is 5. The first-order valence-corrected chi connectivity index (χ1v) is 6.07. The van der Waals surface area contributed by atoms with Crippen LogP contribution in [0.25, 0.3) is 6.08 Å². The monoisotopic (exact) mass is 290 g/mol. The van der Waals surface area contributed by atoms with E-state index >= 15 is 0 Å². The topological polar surface area (TPSA) is 51.2 Å². The second-order valence-electron chi connectivity index (χ2n) is 4.01. The van der Waals surface area contributed by atoms with E-state index in [1.165, 1.54) is 30.3 Å². The van der Waals surface area contributed by atoms with E-state index in [1.54, 1.807) is 24.5 Å². The van der Waals surface area contributed by atoms with E-state index in [-0.39, 0.29) is 11.7 Å². The smallest absolute Gasteiger partial charge is 0.387 e. The predicted molar refractivity (Wildman–Crippen MR) is 75.0 cm³/mol. The van der Waals surface area contributed by atoms with Crippen LogP contribution >= 0.6 is 0 Å². The number of nitrogens with one attached hydrogen (secondary N) is 1. The normalized spacial score (nSPS) is 10.8. The van der Waals surface area contributed by atoms with Crippen molar-refractivity contribution in [2.24, 2.45) is 0 Å². The van der Waals surface area contributed by atoms with Gasteiger partial charge in [0.1, 0.15) is 5.75 Å². The van der Waals surface area contributed by atoms with Gasteiger partial charge in [0.05, 0.1) is 0 Å². The van der Waals surface area contributed by atoms with Gasteiger partial charge in [-0.3, -0.25) is 9.78 Å². The summed E-state index contributed by atoms with van der Waals surface area (Å²) in [5.41, 5.74) is 1.28. The van der Waals surface area contributed by atoms with E-state index in [9.17, 15) is 13.6 Å². The van der Waals surface area contributed by atoms with E-state index in [4.69, 9.17) is 0 Å². The van der Waals surface area contributed by atoms with Crippen LogP contribution in [0, 0.1) is 0 Å². The maximum Gasteiger partial charge on any atom is 0.387 e. The van der Waals surface area contributed by atoms with E-state index < -0.39 is 6.61 Å². The van der Waals surface area contributed by atoms with Crippen molar-refractivity contribution >= 4 is 17.7 Å². The van der Waals surface area contributed by atoms with Crippen molar-refractivity contribution in [2.75, 3.05) is 5.32 Å². The number of alkyl halides is 2. The molecule has 2 rings (SSSR count). The summed E-state index contributed by atoms with van der Waals surface area (Å²) in [5, 5.41) is 2.60. The molecule has 0 saturated carbocycles. The van der Waals surface area contributed by atoms with Gasteiger partial charge in [-0.1, -0.05) is 6.07 Å². The van der Waals surface area contributed by atoms with Gasteiger partial charge in [-0.15, -0.1) is 0 Å². The first kappa shape index (κ1) is 14.6. The SMILES string of the molecule is O=C(C=Cc1cccnc1)Nc1ccc(OC(F)F)cc1. The summed E-state index contributed by atoms with van der Waals surface area (Å²) in [7, 11) is 0. The second kappa shape index (κ2) is 7.14. The molecule has 0 aliphatic rings. The van der Waals surface area contributed by atoms with Crippen LogP contribution in [0.3, 0.4) is 0 Å². The summed E-state index contributed by atoms with van der Waals surface area (Å²) in [5.74, 6) is -0.296. The van der Waals surface area contributed by atoms with Gasteiger partial charge >= 0.3 is 6.61 Å². The zero-order valence-electron chi connectivity index (χ0n) is 10.9. The molecule has 1 amide bonds. The lowest BCUT2D eigenvalue weighted by molar-refractivity contribution is -0.111. The van der Waals surface area contributed by atoms with Gasteiger partial charge in [0.2, 0.25) is 5.91 Å².